The fourth-order valence-electron chi connectivity index (χ4n) is 3.91. The largest absolute Gasteiger partial charge is 0.368 e. The van der Waals surface area contributed by atoms with Crippen molar-refractivity contribution in [2.24, 2.45) is 4.99 Å². The Balaban J connectivity index is 0.000000399. The first-order valence-corrected chi connectivity index (χ1v) is 9.47. The van der Waals surface area contributed by atoms with Gasteiger partial charge in [0.1, 0.15) is 0 Å². The Kier molecular flexibility index (Phi) is 7.93. The average Bonchev–Trinajstić information content (AvgIpc) is 2.77. The minimum atomic E-state index is 0.657. The van der Waals surface area contributed by atoms with Crippen LogP contribution in [0.15, 0.2) is 48.0 Å². The van der Waals surface area contributed by atoms with Gasteiger partial charge in [0.05, 0.1) is 0 Å². The maximum absolute atomic E-state index is 4.00. The van der Waals surface area contributed by atoms with Gasteiger partial charge in [-0.25, -0.2) is 0 Å². The molecule has 2 unspecified atom stereocenters. The van der Waals surface area contributed by atoms with Crippen LogP contribution in [0.1, 0.15) is 43.2 Å². The second-order valence-corrected chi connectivity index (χ2v) is 6.84. The molecule has 3 rings (SSSR count). The number of anilines is 1. The molecule has 1 fully saturated rings. The van der Waals surface area contributed by atoms with Gasteiger partial charge in [0.2, 0.25) is 0 Å². The summed E-state index contributed by atoms with van der Waals surface area (Å²) in [5.74, 6) is 0.657. The van der Waals surface area contributed by atoms with Gasteiger partial charge in [0, 0.05) is 37.3 Å². The molecule has 2 aliphatic heterocycles. The molecule has 3 nitrogen and oxygen atoms in total. The van der Waals surface area contributed by atoms with Gasteiger partial charge in [0.15, 0.2) is 0 Å². The summed E-state index contributed by atoms with van der Waals surface area (Å²) in [6, 6.07) is 7.63. The summed E-state index contributed by atoms with van der Waals surface area (Å²) in [6.45, 7) is 15.5. The molecule has 0 spiro atoms. The lowest BCUT2D eigenvalue weighted by molar-refractivity contribution is 0.508. The topological polar surface area (TPSA) is 27.6 Å². The van der Waals surface area contributed by atoms with Crippen LogP contribution in [0.5, 0.6) is 0 Å². The summed E-state index contributed by atoms with van der Waals surface area (Å²) in [6.07, 6.45) is 9.26. The molecule has 0 saturated carbocycles. The summed E-state index contributed by atoms with van der Waals surface area (Å²) >= 11 is 0. The van der Waals surface area contributed by atoms with Crippen molar-refractivity contribution in [3.8, 4) is 0 Å². The molecule has 25 heavy (non-hydrogen) atoms. The first-order valence-electron chi connectivity index (χ1n) is 9.47. The minimum absolute atomic E-state index is 0.657. The van der Waals surface area contributed by atoms with Crippen molar-refractivity contribution in [2.75, 3.05) is 31.1 Å². The van der Waals surface area contributed by atoms with Gasteiger partial charge < -0.3 is 15.2 Å². The SMILES string of the molecule is C=C/C=C\C.C=NCCCN1c2ccc(C)cc2C2CNCCCC21. The maximum Gasteiger partial charge on any atom is 0.0405 e. The van der Waals surface area contributed by atoms with E-state index in [0.29, 0.717) is 12.0 Å². The van der Waals surface area contributed by atoms with E-state index in [9.17, 15) is 0 Å². The summed E-state index contributed by atoms with van der Waals surface area (Å²) in [4.78, 5) is 6.64. The Labute approximate surface area is 153 Å². The number of nitrogens with zero attached hydrogens (tertiary/aromatic N) is 2. The lowest BCUT2D eigenvalue weighted by atomic mass is 9.92. The van der Waals surface area contributed by atoms with Gasteiger partial charge in [-0.15, -0.1) is 0 Å². The Morgan fingerprint density at radius 1 is 1.40 bits per heavy atom. The number of nitrogens with one attached hydrogen (secondary N) is 1. The predicted octanol–water partition coefficient (Wildman–Crippen LogP) is 4.49. The van der Waals surface area contributed by atoms with Crippen LogP contribution in [0, 0.1) is 6.92 Å². The quantitative estimate of drug-likeness (QED) is 0.486. The molecule has 3 heteroatoms. The number of hydrogen-bond donors (Lipinski definition) is 1. The molecule has 0 aliphatic carbocycles. The molecule has 2 atom stereocenters. The van der Waals surface area contributed by atoms with Crippen LogP contribution >= 0.6 is 0 Å². The first-order chi connectivity index (χ1) is 12.2. The number of aliphatic imine (C=N–C) groups is 1. The fraction of sp³-hybridized carbons (Fsp3) is 0.500. The van der Waals surface area contributed by atoms with E-state index in [-0.39, 0.29) is 0 Å². The van der Waals surface area contributed by atoms with Crippen molar-refractivity contribution in [2.45, 2.75) is 45.1 Å². The molecule has 136 valence electrons. The lowest BCUT2D eigenvalue weighted by Gasteiger charge is -2.29. The highest BCUT2D eigenvalue weighted by molar-refractivity contribution is 5.63. The zero-order valence-corrected chi connectivity index (χ0v) is 15.9. The maximum atomic E-state index is 4.00. The molecule has 0 radical (unpaired) electrons. The Morgan fingerprint density at radius 2 is 2.24 bits per heavy atom. The Hall–Kier alpha value is -1.87. The van der Waals surface area contributed by atoms with Crippen LogP contribution in [-0.4, -0.2) is 38.9 Å². The van der Waals surface area contributed by atoms with Crippen LogP contribution < -0.4 is 10.2 Å². The van der Waals surface area contributed by atoms with Crippen molar-refractivity contribution < 1.29 is 0 Å². The van der Waals surface area contributed by atoms with Gasteiger partial charge in [-0.2, -0.15) is 0 Å². The van der Waals surface area contributed by atoms with Crippen molar-refractivity contribution in [3.63, 3.8) is 0 Å². The number of hydrogen-bond acceptors (Lipinski definition) is 3. The van der Waals surface area contributed by atoms with Crippen LogP contribution in [0.2, 0.25) is 0 Å². The van der Waals surface area contributed by atoms with Gasteiger partial charge in [-0.1, -0.05) is 42.5 Å². The standard InChI is InChI=1S/C17H25N3.C5H8/c1-13-6-7-17-14(11-13)15-12-19-9-3-5-16(15)20(17)10-4-8-18-2;1-3-5-4-2/h6-7,11,15-16,19H,2-5,8-10,12H2,1H3;3-5H,1H2,2H3/b;5-4-. The van der Waals surface area contributed by atoms with Gasteiger partial charge in [-0.3, -0.25) is 0 Å². The smallest absolute Gasteiger partial charge is 0.0405 e. The molecule has 1 saturated heterocycles. The normalized spacial score (nSPS) is 21.8. The number of rotatable bonds is 5. The van der Waals surface area contributed by atoms with Gasteiger partial charge in [0.25, 0.3) is 0 Å². The van der Waals surface area contributed by atoms with E-state index < -0.39 is 0 Å². The average molecular weight is 340 g/mol. The summed E-state index contributed by atoms with van der Waals surface area (Å²) in [5, 5.41) is 3.61. The van der Waals surface area contributed by atoms with Crippen molar-refractivity contribution in [1.82, 2.24) is 5.32 Å². The highest BCUT2D eigenvalue weighted by Crippen LogP contribution is 2.43. The van der Waals surface area contributed by atoms with E-state index in [1.165, 1.54) is 24.1 Å². The molecule has 1 aromatic rings. The van der Waals surface area contributed by atoms with Crippen molar-refractivity contribution in [3.05, 3.63) is 54.1 Å². The van der Waals surface area contributed by atoms with E-state index in [2.05, 4.69) is 53.6 Å². The lowest BCUT2D eigenvalue weighted by Crippen LogP contribution is -2.36. The van der Waals surface area contributed by atoms with E-state index in [0.717, 1.165) is 32.6 Å². The van der Waals surface area contributed by atoms with Crippen LogP contribution in [0.4, 0.5) is 5.69 Å². The molecule has 0 amide bonds. The Morgan fingerprint density at radius 3 is 2.92 bits per heavy atom. The fourth-order valence-corrected chi connectivity index (χ4v) is 3.91. The van der Waals surface area contributed by atoms with Gasteiger partial charge >= 0.3 is 0 Å². The summed E-state index contributed by atoms with van der Waals surface area (Å²) in [5.41, 5.74) is 4.38. The van der Waals surface area contributed by atoms with Crippen LogP contribution in [0.3, 0.4) is 0 Å². The number of allylic oxidation sites excluding steroid dienone is 3. The summed E-state index contributed by atoms with van der Waals surface area (Å²) in [7, 11) is 0. The third-order valence-electron chi connectivity index (χ3n) is 5.02. The third kappa shape index (κ3) is 5.05. The first kappa shape index (κ1) is 19.5. The van der Waals surface area contributed by atoms with Crippen molar-refractivity contribution >= 4 is 12.4 Å². The second-order valence-electron chi connectivity index (χ2n) is 6.84. The summed E-state index contributed by atoms with van der Waals surface area (Å²) < 4.78 is 0. The second kappa shape index (κ2) is 10.2. The van der Waals surface area contributed by atoms with Gasteiger partial charge in [-0.05, 0) is 58.0 Å². The highest BCUT2D eigenvalue weighted by Gasteiger charge is 2.38. The molecule has 0 bridgehead atoms. The zero-order valence-electron chi connectivity index (χ0n) is 15.9. The molecular weight excluding hydrogens is 306 g/mol. The zero-order chi connectivity index (χ0) is 18.1. The molecule has 2 heterocycles. The number of aryl methyl sites for hydroxylation is 1. The molecule has 1 aromatic carbocycles. The third-order valence-corrected chi connectivity index (χ3v) is 5.02. The van der Waals surface area contributed by atoms with Crippen LogP contribution in [-0.2, 0) is 0 Å². The van der Waals surface area contributed by atoms with E-state index in [4.69, 9.17) is 0 Å². The molecule has 1 N–H and O–H groups in total. The Bertz CT molecular complexity index is 591. The van der Waals surface area contributed by atoms with E-state index >= 15 is 0 Å². The highest BCUT2D eigenvalue weighted by atomic mass is 15.2. The van der Waals surface area contributed by atoms with Crippen LogP contribution in [0.25, 0.3) is 0 Å². The molecule has 0 aromatic heterocycles. The van der Waals surface area contributed by atoms with Crippen molar-refractivity contribution in [1.29, 1.82) is 0 Å². The minimum Gasteiger partial charge on any atom is -0.368 e. The van der Waals surface area contributed by atoms with E-state index in [1.807, 2.05) is 19.1 Å². The number of fused-ring (bicyclic) bond motifs is 3. The number of benzene rings is 1. The molecule has 2 aliphatic rings. The van der Waals surface area contributed by atoms with E-state index in [1.54, 1.807) is 11.6 Å². The molecular formula is C22H33N3. The predicted molar refractivity (Wildman–Crippen MR) is 111 cm³/mol. The monoisotopic (exact) mass is 339 g/mol.